The van der Waals surface area contributed by atoms with E-state index in [0.29, 0.717) is 0 Å². The van der Waals surface area contributed by atoms with Crippen molar-refractivity contribution in [1.82, 2.24) is 14.5 Å². The van der Waals surface area contributed by atoms with Crippen LogP contribution in [0.1, 0.15) is 44.9 Å². The molecule has 0 amide bonds. The van der Waals surface area contributed by atoms with Crippen LogP contribution in [0, 0.1) is 0 Å². The number of rotatable bonds is 8. The summed E-state index contributed by atoms with van der Waals surface area (Å²) in [5, 5.41) is 1.20. The molecule has 0 atom stereocenters. The fourth-order valence-electron chi connectivity index (χ4n) is 3.25. The number of nitrogens with zero attached hydrogens (tertiary/aromatic N) is 3. The van der Waals surface area contributed by atoms with Gasteiger partial charge in [0.05, 0.1) is 0 Å². The van der Waals surface area contributed by atoms with Crippen molar-refractivity contribution in [1.29, 1.82) is 0 Å². The number of unbranched alkanes of at least 4 members (excludes halogenated alkanes) is 3. The second-order valence-electron chi connectivity index (χ2n) is 6.28. The molecule has 0 fully saturated rings. The monoisotopic (exact) mass is 384 g/mol. The molecule has 5 heteroatoms. The Labute approximate surface area is 152 Å². The maximum atomic E-state index is 5.69. The Bertz CT molecular complexity index is 825. The van der Waals surface area contributed by atoms with E-state index in [2.05, 4.69) is 46.5 Å². The molecule has 4 nitrogen and oxygen atoms in total. The molecule has 2 N–H and O–H groups in total. The van der Waals surface area contributed by atoms with Crippen molar-refractivity contribution >= 4 is 43.3 Å². The molecule has 3 aromatic rings. The summed E-state index contributed by atoms with van der Waals surface area (Å²) in [5.74, 6) is 1.20. The van der Waals surface area contributed by atoms with Gasteiger partial charge in [0.2, 0.25) is 0 Å². The van der Waals surface area contributed by atoms with Gasteiger partial charge in [0.15, 0.2) is 0 Å². The van der Waals surface area contributed by atoms with Gasteiger partial charge < -0.3 is 0 Å². The molecule has 0 saturated heterocycles. The van der Waals surface area contributed by atoms with Crippen molar-refractivity contribution in [3.05, 3.63) is 30.1 Å². The third-order valence-corrected chi connectivity index (χ3v) is 5.14. The molecule has 0 bridgehead atoms. The number of pyridine rings is 1. The summed E-state index contributed by atoms with van der Waals surface area (Å²) in [6, 6.07) is 8.38. The number of para-hydroxylation sites is 1. The summed E-state index contributed by atoms with van der Waals surface area (Å²) in [5.41, 5.74) is 9.01. The Morgan fingerprint density at radius 1 is 1.08 bits per heavy atom. The van der Waals surface area contributed by atoms with Gasteiger partial charge in [0, 0.05) is 0 Å². The molecule has 1 aromatic carbocycles. The molecule has 0 aliphatic rings. The molecule has 2 heterocycles. The molecule has 2 aromatic heterocycles. The van der Waals surface area contributed by atoms with Crippen LogP contribution < -0.4 is 10.2 Å². The number of aromatic nitrogens is 3. The number of fused-ring (bicyclic) bond motifs is 3. The fourth-order valence-corrected chi connectivity index (χ4v) is 3.80. The molecule has 0 saturated carbocycles. The second-order valence-corrected chi connectivity index (χ2v) is 7.17. The average Bonchev–Trinajstić information content (AvgIpc) is 2.95. The molecule has 0 aliphatic carbocycles. The first-order valence-electron chi connectivity index (χ1n) is 8.93. The van der Waals surface area contributed by atoms with Crippen LogP contribution >= 0.6 is 0 Å². The molecular weight excluding hydrogens is 359 g/mol. The van der Waals surface area contributed by atoms with Crippen LogP contribution in [0.15, 0.2) is 24.3 Å². The molecule has 24 heavy (non-hydrogen) atoms. The average molecular weight is 384 g/mol. The van der Waals surface area contributed by atoms with Crippen LogP contribution in [0.4, 0.5) is 0 Å². The van der Waals surface area contributed by atoms with E-state index in [1.807, 2.05) is 6.07 Å². The minimum atomic E-state index is 0.746. The van der Waals surface area contributed by atoms with Gasteiger partial charge in [-0.2, -0.15) is 0 Å². The molecule has 126 valence electrons. The minimum absolute atomic E-state index is 0.746. The van der Waals surface area contributed by atoms with Crippen molar-refractivity contribution in [2.45, 2.75) is 52.0 Å². The van der Waals surface area contributed by atoms with Gasteiger partial charge in [-0.3, -0.25) is 0 Å². The number of aryl methyl sites for hydroxylation is 2. The third kappa shape index (κ3) is 3.50. The van der Waals surface area contributed by atoms with E-state index in [1.54, 1.807) is 0 Å². The summed E-state index contributed by atoms with van der Waals surface area (Å²) in [7, 11) is 0. The number of hydrogen-bond acceptors (Lipinski definition) is 3. The SMILES string of the molecule is CCCCCc1nc2c([As])nc3ccccc3c2n1CCCCN. The number of nitrogens with two attached hydrogens (primary N) is 1. The number of imidazole rings is 1. The summed E-state index contributed by atoms with van der Waals surface area (Å²) in [6.45, 7) is 3.97. The molecule has 0 unspecified atom stereocenters. The maximum absolute atomic E-state index is 5.69. The van der Waals surface area contributed by atoms with Crippen LogP contribution in [-0.2, 0) is 13.0 Å². The second kappa shape index (κ2) is 8.13. The first-order chi connectivity index (χ1) is 11.8. The predicted octanol–water partition coefficient (Wildman–Crippen LogP) is 2.85. The van der Waals surface area contributed by atoms with Crippen LogP contribution in [0.3, 0.4) is 0 Å². The summed E-state index contributed by atoms with van der Waals surface area (Å²) in [6.07, 6.45) is 6.84. The van der Waals surface area contributed by atoms with Gasteiger partial charge in [-0.25, -0.2) is 0 Å². The van der Waals surface area contributed by atoms with E-state index in [4.69, 9.17) is 15.7 Å². The molecule has 0 aliphatic heterocycles. The van der Waals surface area contributed by atoms with Crippen LogP contribution in [0.25, 0.3) is 21.9 Å². The third-order valence-electron chi connectivity index (χ3n) is 4.48. The predicted molar refractivity (Wildman–Crippen MR) is 102 cm³/mol. The van der Waals surface area contributed by atoms with Crippen molar-refractivity contribution in [2.75, 3.05) is 6.54 Å². The zero-order chi connectivity index (χ0) is 16.9. The van der Waals surface area contributed by atoms with Crippen LogP contribution in [0.2, 0.25) is 0 Å². The standard InChI is InChI=1S/C19H25AsN4/c1-2-3-4-11-16-23-17-18(24(16)13-8-7-12-21)14-9-5-6-10-15(14)22-19(17)20/h5-6,9-10H,2-4,7-8,11-13,21H2,1H3. The Morgan fingerprint density at radius 3 is 2.71 bits per heavy atom. The molecule has 2 radical (unpaired) electrons. The van der Waals surface area contributed by atoms with E-state index in [0.717, 1.165) is 47.9 Å². The Kier molecular flexibility index (Phi) is 5.91. The van der Waals surface area contributed by atoms with Gasteiger partial charge >= 0.3 is 152 Å². The fraction of sp³-hybridized carbons (Fsp3) is 0.474. The van der Waals surface area contributed by atoms with Crippen LogP contribution in [0.5, 0.6) is 0 Å². The van der Waals surface area contributed by atoms with E-state index in [-0.39, 0.29) is 0 Å². The normalized spacial score (nSPS) is 11.6. The first-order valence-corrected chi connectivity index (χ1v) is 9.87. The Hall–Kier alpha value is -1.38. The number of hydrogen-bond donors (Lipinski definition) is 1. The van der Waals surface area contributed by atoms with Crippen molar-refractivity contribution < 1.29 is 0 Å². The summed E-state index contributed by atoms with van der Waals surface area (Å²) >= 11 is 2.59. The Balaban J connectivity index is 2.13. The van der Waals surface area contributed by atoms with Gasteiger partial charge in [0.25, 0.3) is 0 Å². The summed E-state index contributed by atoms with van der Waals surface area (Å²) < 4.78 is 3.38. The van der Waals surface area contributed by atoms with E-state index in [9.17, 15) is 0 Å². The van der Waals surface area contributed by atoms with E-state index < -0.39 is 0 Å². The molecule has 0 spiro atoms. The van der Waals surface area contributed by atoms with Gasteiger partial charge in [-0.05, 0) is 0 Å². The summed E-state index contributed by atoms with van der Waals surface area (Å²) in [4.78, 5) is 9.69. The molecule has 3 rings (SSSR count). The number of benzene rings is 1. The van der Waals surface area contributed by atoms with Crippen molar-refractivity contribution in [3.63, 3.8) is 0 Å². The van der Waals surface area contributed by atoms with E-state index in [1.165, 1.54) is 36.0 Å². The van der Waals surface area contributed by atoms with Gasteiger partial charge in [0.1, 0.15) is 0 Å². The van der Waals surface area contributed by atoms with Crippen molar-refractivity contribution in [3.8, 4) is 0 Å². The zero-order valence-electron chi connectivity index (χ0n) is 14.3. The Morgan fingerprint density at radius 2 is 1.92 bits per heavy atom. The zero-order valence-corrected chi connectivity index (χ0v) is 16.2. The van der Waals surface area contributed by atoms with Crippen molar-refractivity contribution in [2.24, 2.45) is 5.73 Å². The first kappa shape index (κ1) is 17.4. The van der Waals surface area contributed by atoms with E-state index >= 15 is 0 Å². The van der Waals surface area contributed by atoms with Gasteiger partial charge in [-0.15, -0.1) is 0 Å². The van der Waals surface area contributed by atoms with Gasteiger partial charge in [-0.1, -0.05) is 0 Å². The van der Waals surface area contributed by atoms with Crippen LogP contribution in [-0.4, -0.2) is 37.9 Å². The molecular formula is C19H25AsN4. The topological polar surface area (TPSA) is 56.7 Å². The quantitative estimate of drug-likeness (QED) is 0.480.